The lowest BCUT2D eigenvalue weighted by Crippen LogP contribution is -2.61. The predicted octanol–water partition coefficient (Wildman–Crippen LogP) is 1.65. The van der Waals surface area contributed by atoms with Crippen LogP contribution in [0.5, 0.6) is 0 Å². The van der Waals surface area contributed by atoms with Crippen LogP contribution in [-0.2, 0) is 11.2 Å². The van der Waals surface area contributed by atoms with E-state index in [1.165, 1.54) is 0 Å². The third kappa shape index (κ3) is 2.69. The summed E-state index contributed by atoms with van der Waals surface area (Å²) < 4.78 is 10.2. The fourth-order valence-corrected chi connectivity index (χ4v) is 3.79. The lowest BCUT2D eigenvalue weighted by molar-refractivity contribution is 0.0777. The Bertz CT molecular complexity index is 456. The number of ether oxygens (including phenoxy) is 1. The van der Waals surface area contributed by atoms with E-state index in [4.69, 9.17) is 9.72 Å². The molecule has 0 N–H and O–H groups in total. The number of likely N-dealkylation sites (N-methyl/N-ethyl adjacent to an activating group) is 1. The fourth-order valence-electron chi connectivity index (χ4n) is 3.07. The summed E-state index contributed by atoms with van der Waals surface area (Å²) in [6, 6.07) is 0. The Morgan fingerprint density at radius 2 is 2.25 bits per heavy atom. The molecule has 2 aliphatic heterocycles. The van der Waals surface area contributed by atoms with Gasteiger partial charge in [-0.1, -0.05) is 13.8 Å². The van der Waals surface area contributed by atoms with Gasteiger partial charge in [-0.2, -0.15) is 4.37 Å². The highest BCUT2D eigenvalue weighted by molar-refractivity contribution is 7.09. The van der Waals surface area contributed by atoms with Gasteiger partial charge in [0.05, 0.1) is 12.1 Å². The summed E-state index contributed by atoms with van der Waals surface area (Å²) in [5.41, 5.74) is 0.183. The molecule has 0 amide bonds. The summed E-state index contributed by atoms with van der Waals surface area (Å²) in [7, 11) is 2.22. The van der Waals surface area contributed by atoms with Crippen LogP contribution in [0.25, 0.3) is 0 Å². The van der Waals surface area contributed by atoms with Crippen LogP contribution in [0, 0.1) is 5.92 Å². The van der Waals surface area contributed by atoms with Gasteiger partial charge in [-0.05, 0) is 19.4 Å². The summed E-state index contributed by atoms with van der Waals surface area (Å²) >= 11 is 1.55. The lowest BCUT2D eigenvalue weighted by Gasteiger charge is -2.46. The average molecular weight is 296 g/mol. The molecule has 1 unspecified atom stereocenters. The van der Waals surface area contributed by atoms with Crippen molar-refractivity contribution in [2.24, 2.45) is 5.92 Å². The van der Waals surface area contributed by atoms with Gasteiger partial charge < -0.3 is 9.64 Å². The zero-order valence-corrected chi connectivity index (χ0v) is 13.4. The maximum absolute atomic E-state index is 5.65. The number of piperazine rings is 1. The van der Waals surface area contributed by atoms with Gasteiger partial charge in [0.1, 0.15) is 5.82 Å². The van der Waals surface area contributed by atoms with Gasteiger partial charge in [-0.3, -0.25) is 4.90 Å². The zero-order valence-electron chi connectivity index (χ0n) is 12.6. The quantitative estimate of drug-likeness (QED) is 0.848. The second kappa shape index (κ2) is 5.58. The summed E-state index contributed by atoms with van der Waals surface area (Å²) in [6.07, 6.45) is 2.09. The molecule has 0 radical (unpaired) electrons. The molecule has 1 aromatic heterocycles. The van der Waals surface area contributed by atoms with Crippen LogP contribution in [0.4, 0.5) is 5.13 Å². The third-order valence-corrected chi connectivity index (χ3v) is 5.22. The van der Waals surface area contributed by atoms with Crippen LogP contribution >= 0.6 is 11.5 Å². The summed E-state index contributed by atoms with van der Waals surface area (Å²) in [5, 5.41) is 1.08. The normalized spacial score (nSPS) is 27.9. The zero-order chi connectivity index (χ0) is 14.2. The van der Waals surface area contributed by atoms with Gasteiger partial charge in [0.15, 0.2) is 0 Å². The third-order valence-electron chi connectivity index (χ3n) is 4.40. The van der Waals surface area contributed by atoms with E-state index in [0.717, 1.165) is 56.6 Å². The highest BCUT2D eigenvalue weighted by atomic mass is 32.1. The molecular formula is C14H24N4OS. The maximum atomic E-state index is 5.65. The van der Waals surface area contributed by atoms with Crippen LogP contribution in [0.2, 0.25) is 0 Å². The molecule has 6 heteroatoms. The standard InChI is InChI=1S/C14H24N4OS/c1-11(2)8-12-15-13(20-16-12)18-6-5-17(3)14(9-18)4-7-19-10-14/h11H,4-10H2,1-3H3. The molecule has 2 aliphatic rings. The molecule has 1 atom stereocenters. The molecule has 0 aromatic carbocycles. The van der Waals surface area contributed by atoms with E-state index in [-0.39, 0.29) is 5.54 Å². The SMILES string of the molecule is CC(C)Cc1nsc(N2CCN(C)C3(CCOC3)C2)n1. The maximum Gasteiger partial charge on any atom is 0.205 e. The molecule has 1 spiro atoms. The molecule has 1 aromatic rings. The predicted molar refractivity (Wildman–Crippen MR) is 81.5 cm³/mol. The van der Waals surface area contributed by atoms with Gasteiger partial charge in [-0.25, -0.2) is 4.98 Å². The Hall–Kier alpha value is -0.720. The Morgan fingerprint density at radius 3 is 2.95 bits per heavy atom. The molecular weight excluding hydrogens is 272 g/mol. The number of nitrogens with zero attached hydrogens (tertiary/aromatic N) is 4. The van der Waals surface area contributed by atoms with E-state index >= 15 is 0 Å². The summed E-state index contributed by atoms with van der Waals surface area (Å²) in [6.45, 7) is 9.27. The number of rotatable bonds is 3. The lowest BCUT2D eigenvalue weighted by atomic mass is 9.94. The largest absolute Gasteiger partial charge is 0.379 e. The highest BCUT2D eigenvalue weighted by Gasteiger charge is 2.43. The molecule has 2 fully saturated rings. The second-order valence-corrected chi connectivity index (χ2v) is 7.19. The Kier molecular flexibility index (Phi) is 3.97. The first-order chi connectivity index (χ1) is 9.59. The number of hydrogen-bond acceptors (Lipinski definition) is 6. The van der Waals surface area contributed by atoms with Crippen molar-refractivity contribution < 1.29 is 4.74 Å². The second-order valence-electron chi connectivity index (χ2n) is 6.46. The Labute approximate surface area is 125 Å². The van der Waals surface area contributed by atoms with E-state index < -0.39 is 0 Å². The van der Waals surface area contributed by atoms with Crippen LogP contribution in [0.3, 0.4) is 0 Å². The van der Waals surface area contributed by atoms with Crippen molar-refractivity contribution in [1.29, 1.82) is 0 Å². The van der Waals surface area contributed by atoms with E-state index in [1.54, 1.807) is 11.5 Å². The topological polar surface area (TPSA) is 41.5 Å². The van der Waals surface area contributed by atoms with Gasteiger partial charge in [0, 0.05) is 44.2 Å². The number of anilines is 1. The molecule has 0 aliphatic carbocycles. The molecule has 112 valence electrons. The Balaban J connectivity index is 1.72. The highest BCUT2D eigenvalue weighted by Crippen LogP contribution is 2.32. The van der Waals surface area contributed by atoms with Crippen molar-refractivity contribution in [2.75, 3.05) is 44.8 Å². The summed E-state index contributed by atoms with van der Waals surface area (Å²) in [4.78, 5) is 9.59. The first-order valence-electron chi connectivity index (χ1n) is 7.46. The minimum atomic E-state index is 0.183. The van der Waals surface area contributed by atoms with Gasteiger partial charge in [0.2, 0.25) is 5.13 Å². The van der Waals surface area contributed by atoms with Crippen LogP contribution in [0.15, 0.2) is 0 Å². The van der Waals surface area contributed by atoms with E-state index in [0.29, 0.717) is 5.92 Å². The minimum absolute atomic E-state index is 0.183. The van der Waals surface area contributed by atoms with Crippen molar-refractivity contribution in [3.05, 3.63) is 5.82 Å². The van der Waals surface area contributed by atoms with Gasteiger partial charge >= 0.3 is 0 Å². The number of hydrogen-bond donors (Lipinski definition) is 0. The van der Waals surface area contributed by atoms with Crippen molar-refractivity contribution in [2.45, 2.75) is 32.2 Å². The van der Waals surface area contributed by atoms with E-state index in [9.17, 15) is 0 Å². The first kappa shape index (κ1) is 14.2. The molecule has 3 heterocycles. The van der Waals surface area contributed by atoms with E-state index in [2.05, 4.69) is 35.1 Å². The van der Waals surface area contributed by atoms with E-state index in [1.807, 2.05) is 0 Å². The molecule has 5 nitrogen and oxygen atoms in total. The van der Waals surface area contributed by atoms with Crippen LogP contribution < -0.4 is 4.90 Å². The van der Waals surface area contributed by atoms with Crippen LogP contribution in [0.1, 0.15) is 26.1 Å². The van der Waals surface area contributed by atoms with Crippen molar-refractivity contribution in [1.82, 2.24) is 14.3 Å². The smallest absolute Gasteiger partial charge is 0.205 e. The van der Waals surface area contributed by atoms with Crippen molar-refractivity contribution >= 4 is 16.7 Å². The fraction of sp³-hybridized carbons (Fsp3) is 0.857. The molecule has 0 bridgehead atoms. The first-order valence-corrected chi connectivity index (χ1v) is 8.23. The van der Waals surface area contributed by atoms with Gasteiger partial charge in [0.25, 0.3) is 0 Å². The van der Waals surface area contributed by atoms with Crippen molar-refractivity contribution in [3.63, 3.8) is 0 Å². The minimum Gasteiger partial charge on any atom is -0.379 e. The molecule has 3 rings (SSSR count). The summed E-state index contributed by atoms with van der Waals surface area (Å²) in [5.74, 6) is 1.61. The van der Waals surface area contributed by atoms with Crippen molar-refractivity contribution in [3.8, 4) is 0 Å². The van der Waals surface area contributed by atoms with Crippen LogP contribution in [-0.4, -0.2) is 59.7 Å². The molecule has 2 saturated heterocycles. The molecule has 0 saturated carbocycles. The Morgan fingerprint density at radius 1 is 1.40 bits per heavy atom. The number of aromatic nitrogens is 2. The average Bonchev–Trinajstić information content (AvgIpc) is 3.03. The monoisotopic (exact) mass is 296 g/mol. The molecule has 20 heavy (non-hydrogen) atoms. The van der Waals surface area contributed by atoms with Gasteiger partial charge in [-0.15, -0.1) is 0 Å².